The third-order valence-electron chi connectivity index (χ3n) is 1.30. The van der Waals surface area contributed by atoms with Gasteiger partial charge in [-0.15, -0.1) is 0 Å². The fourth-order valence-corrected chi connectivity index (χ4v) is 0.866. The minimum Gasteiger partial charge on any atom is -0.470 e. The zero-order chi connectivity index (χ0) is 6.10. The first-order valence-corrected chi connectivity index (χ1v) is 2.84. The molecule has 0 bridgehead atoms. The van der Waals surface area contributed by atoms with Crippen molar-refractivity contribution in [3.8, 4) is 5.75 Å². The van der Waals surface area contributed by atoms with Gasteiger partial charge < -0.3 is 10.1 Å². The van der Waals surface area contributed by atoms with Gasteiger partial charge in [0.1, 0.15) is 0 Å². The summed E-state index contributed by atoms with van der Waals surface area (Å²) >= 11 is 0. The van der Waals surface area contributed by atoms with Crippen molar-refractivity contribution in [1.82, 2.24) is 0 Å². The molecule has 1 aliphatic heterocycles. The smallest absolute Gasteiger partial charge is 0.159 e. The van der Waals surface area contributed by atoms with Crippen LogP contribution in [-0.2, 0) is 0 Å². The normalized spacial score (nSPS) is 13.8. The fourth-order valence-electron chi connectivity index (χ4n) is 0.866. The van der Waals surface area contributed by atoms with Crippen LogP contribution >= 0.6 is 0 Å². The molecule has 0 amide bonds. The van der Waals surface area contributed by atoms with Crippen molar-refractivity contribution in [3.05, 3.63) is 24.3 Å². The molecule has 1 aromatic carbocycles. The fraction of sp³-hybridized carbons (Fsp3) is 0.143. The van der Waals surface area contributed by atoms with Crippen LogP contribution in [0.5, 0.6) is 5.75 Å². The molecular formula is C7H6NO. The number of para-hydroxylation sites is 1. The minimum absolute atomic E-state index is 0.579. The van der Waals surface area contributed by atoms with E-state index in [2.05, 4.69) is 11.4 Å². The number of hydrogen-bond acceptors (Lipinski definition) is 2. The van der Waals surface area contributed by atoms with Crippen molar-refractivity contribution in [1.29, 1.82) is 0 Å². The Hall–Kier alpha value is -1.18. The lowest BCUT2D eigenvalue weighted by atomic mass is 10.3. The number of nitrogens with one attached hydrogen (secondary N) is 1. The molecule has 1 aromatic rings. The number of fused-ring (bicyclic) bond motifs is 1. The SMILES string of the molecule is [c]1cccc2c1OCN2. The maximum absolute atomic E-state index is 5.13. The molecule has 2 heteroatoms. The summed E-state index contributed by atoms with van der Waals surface area (Å²) in [6, 6.07) is 8.71. The molecule has 9 heavy (non-hydrogen) atoms. The first-order valence-electron chi connectivity index (χ1n) is 2.84. The highest BCUT2D eigenvalue weighted by molar-refractivity contribution is 5.57. The Morgan fingerprint density at radius 3 is 3.56 bits per heavy atom. The van der Waals surface area contributed by atoms with Crippen molar-refractivity contribution in [2.45, 2.75) is 0 Å². The standard InChI is InChI=1S/C7H6NO/c1-2-4-7-6(3-1)8-5-9-7/h1-3,8H,5H2. The lowest BCUT2D eigenvalue weighted by Crippen LogP contribution is -1.96. The second kappa shape index (κ2) is 1.65. The molecule has 0 spiro atoms. The quantitative estimate of drug-likeness (QED) is 0.556. The van der Waals surface area contributed by atoms with Gasteiger partial charge in [-0.3, -0.25) is 0 Å². The van der Waals surface area contributed by atoms with Crippen LogP contribution in [0.2, 0.25) is 0 Å². The van der Waals surface area contributed by atoms with Gasteiger partial charge in [-0.25, -0.2) is 0 Å². The average molecular weight is 120 g/mol. The monoisotopic (exact) mass is 120 g/mol. The van der Waals surface area contributed by atoms with Gasteiger partial charge in [0, 0.05) is 6.07 Å². The highest BCUT2D eigenvalue weighted by Crippen LogP contribution is 2.26. The summed E-state index contributed by atoms with van der Waals surface area (Å²) in [5, 5.41) is 3.05. The largest absolute Gasteiger partial charge is 0.470 e. The second-order valence-electron chi connectivity index (χ2n) is 1.88. The molecule has 0 saturated heterocycles. The van der Waals surface area contributed by atoms with Crippen molar-refractivity contribution in [3.63, 3.8) is 0 Å². The van der Waals surface area contributed by atoms with E-state index in [0.717, 1.165) is 11.4 Å². The minimum atomic E-state index is 0.579. The molecule has 1 N–H and O–H groups in total. The molecule has 0 atom stereocenters. The zero-order valence-corrected chi connectivity index (χ0v) is 4.85. The van der Waals surface area contributed by atoms with E-state index in [1.165, 1.54) is 0 Å². The molecule has 0 aliphatic carbocycles. The topological polar surface area (TPSA) is 21.3 Å². The van der Waals surface area contributed by atoms with Crippen LogP contribution in [0.3, 0.4) is 0 Å². The van der Waals surface area contributed by atoms with E-state index in [4.69, 9.17) is 4.74 Å². The van der Waals surface area contributed by atoms with Gasteiger partial charge in [-0.05, 0) is 6.07 Å². The molecule has 45 valence electrons. The van der Waals surface area contributed by atoms with E-state index in [9.17, 15) is 0 Å². The van der Waals surface area contributed by atoms with Crippen molar-refractivity contribution >= 4 is 5.69 Å². The van der Waals surface area contributed by atoms with E-state index in [1.54, 1.807) is 0 Å². The van der Waals surface area contributed by atoms with E-state index in [0.29, 0.717) is 6.73 Å². The van der Waals surface area contributed by atoms with Crippen LogP contribution < -0.4 is 10.1 Å². The maximum atomic E-state index is 5.13. The van der Waals surface area contributed by atoms with Gasteiger partial charge in [0.2, 0.25) is 0 Å². The Kier molecular flexibility index (Phi) is 0.859. The van der Waals surface area contributed by atoms with E-state index in [-0.39, 0.29) is 0 Å². The predicted octanol–water partition coefficient (Wildman–Crippen LogP) is 1.25. The molecule has 0 saturated carbocycles. The maximum Gasteiger partial charge on any atom is 0.159 e. The second-order valence-corrected chi connectivity index (χ2v) is 1.88. The number of rotatable bonds is 0. The number of ether oxygens (including phenoxy) is 1. The summed E-state index contributed by atoms with van der Waals surface area (Å²) < 4.78 is 5.13. The molecule has 0 fully saturated rings. The van der Waals surface area contributed by atoms with Crippen molar-refractivity contribution < 1.29 is 4.74 Å². The van der Waals surface area contributed by atoms with Gasteiger partial charge in [0.05, 0.1) is 5.69 Å². The Morgan fingerprint density at radius 1 is 1.67 bits per heavy atom. The van der Waals surface area contributed by atoms with Gasteiger partial charge in [0.15, 0.2) is 12.5 Å². The summed E-state index contributed by atoms with van der Waals surface area (Å²) in [5.74, 6) is 0.831. The first kappa shape index (κ1) is 4.68. The Balaban J connectivity index is 2.54. The van der Waals surface area contributed by atoms with E-state index < -0.39 is 0 Å². The van der Waals surface area contributed by atoms with Gasteiger partial charge in [-0.2, -0.15) is 0 Å². The van der Waals surface area contributed by atoms with Crippen LogP contribution in [-0.4, -0.2) is 6.73 Å². The molecule has 1 aliphatic rings. The van der Waals surface area contributed by atoms with Crippen LogP contribution in [0.25, 0.3) is 0 Å². The third-order valence-corrected chi connectivity index (χ3v) is 1.30. The Labute approximate surface area is 53.5 Å². The summed E-state index contributed by atoms with van der Waals surface area (Å²) in [5.41, 5.74) is 1.04. The lowest BCUT2D eigenvalue weighted by molar-refractivity contribution is 0.372. The average Bonchev–Trinajstić information content (AvgIpc) is 2.33. The first-order chi connectivity index (χ1) is 4.47. The molecule has 0 unspecified atom stereocenters. The number of benzene rings is 1. The number of hydrogen-bond donors (Lipinski definition) is 1. The van der Waals surface area contributed by atoms with Crippen LogP contribution in [0, 0.1) is 6.07 Å². The molecule has 2 nitrogen and oxygen atoms in total. The molecular weight excluding hydrogens is 114 g/mol. The van der Waals surface area contributed by atoms with Crippen molar-refractivity contribution in [2.75, 3.05) is 12.0 Å². The van der Waals surface area contributed by atoms with Crippen LogP contribution in [0.15, 0.2) is 18.2 Å². The van der Waals surface area contributed by atoms with Crippen LogP contribution in [0.1, 0.15) is 0 Å². The molecule has 2 rings (SSSR count). The molecule has 1 heterocycles. The molecule has 1 radical (unpaired) electrons. The summed E-state index contributed by atoms with van der Waals surface area (Å²) in [6.45, 7) is 0.579. The van der Waals surface area contributed by atoms with E-state index >= 15 is 0 Å². The summed E-state index contributed by atoms with van der Waals surface area (Å²) in [4.78, 5) is 0. The third kappa shape index (κ3) is 0.633. The Bertz CT molecular complexity index is 199. The number of anilines is 1. The lowest BCUT2D eigenvalue weighted by Gasteiger charge is -1.90. The summed E-state index contributed by atoms with van der Waals surface area (Å²) in [7, 11) is 0. The van der Waals surface area contributed by atoms with Gasteiger partial charge in [-0.1, -0.05) is 12.1 Å². The zero-order valence-electron chi connectivity index (χ0n) is 4.85. The van der Waals surface area contributed by atoms with E-state index in [1.807, 2.05) is 18.2 Å². The van der Waals surface area contributed by atoms with Gasteiger partial charge in [0.25, 0.3) is 0 Å². The van der Waals surface area contributed by atoms with Gasteiger partial charge >= 0.3 is 0 Å². The predicted molar refractivity (Wildman–Crippen MR) is 34.4 cm³/mol. The Morgan fingerprint density at radius 2 is 2.67 bits per heavy atom. The highest BCUT2D eigenvalue weighted by atomic mass is 16.5. The van der Waals surface area contributed by atoms with Crippen molar-refractivity contribution in [2.24, 2.45) is 0 Å². The van der Waals surface area contributed by atoms with Crippen LogP contribution in [0.4, 0.5) is 5.69 Å². The molecule has 0 aromatic heterocycles. The highest BCUT2D eigenvalue weighted by Gasteiger charge is 2.07. The summed E-state index contributed by atoms with van der Waals surface area (Å²) in [6.07, 6.45) is 0.